The molecular formula is C17H19N5OS3. The summed E-state index contributed by atoms with van der Waals surface area (Å²) < 4.78 is 16.2. The normalized spacial score (nSPS) is 33.6. The second kappa shape index (κ2) is 5.67. The summed E-state index contributed by atoms with van der Waals surface area (Å²) in [5.74, 6) is 1.66. The highest BCUT2D eigenvalue weighted by Crippen LogP contribution is 2.56. The fourth-order valence-electron chi connectivity index (χ4n) is 4.34. The maximum absolute atomic E-state index is 13.0. The third-order valence-corrected chi connectivity index (χ3v) is 10.2. The Bertz CT molecular complexity index is 932. The third-order valence-electron chi connectivity index (χ3n) is 5.74. The molecule has 0 aromatic carbocycles. The van der Waals surface area contributed by atoms with Gasteiger partial charge in [-0.05, 0) is 26.2 Å². The monoisotopic (exact) mass is 405 g/mol. The molecule has 136 valence electrons. The average molecular weight is 406 g/mol. The number of nitrogens with one attached hydrogen (secondary N) is 2. The lowest BCUT2D eigenvalue weighted by atomic mass is 9.78. The van der Waals surface area contributed by atoms with Crippen LogP contribution in [0.1, 0.15) is 47.7 Å². The Morgan fingerprint density at radius 3 is 3.00 bits per heavy atom. The van der Waals surface area contributed by atoms with E-state index < -0.39 is 10.8 Å². The Hall–Kier alpha value is -1.16. The number of imidazole rings is 1. The number of hydrogen-bond donors (Lipinski definition) is 2. The number of thioether (sulfide) groups is 1. The minimum absolute atomic E-state index is 0.241. The zero-order valence-electron chi connectivity index (χ0n) is 14.2. The summed E-state index contributed by atoms with van der Waals surface area (Å²) in [6, 6.07) is 0.241. The van der Waals surface area contributed by atoms with E-state index in [-0.39, 0.29) is 11.4 Å². The number of aromatic nitrogens is 3. The van der Waals surface area contributed by atoms with E-state index in [2.05, 4.69) is 25.4 Å². The van der Waals surface area contributed by atoms with Gasteiger partial charge in [-0.25, -0.2) is 14.6 Å². The van der Waals surface area contributed by atoms with Gasteiger partial charge >= 0.3 is 0 Å². The molecule has 5 atom stereocenters. The molecule has 5 unspecified atom stereocenters. The van der Waals surface area contributed by atoms with Crippen molar-refractivity contribution in [3.8, 4) is 0 Å². The molecule has 9 heteroatoms. The lowest BCUT2D eigenvalue weighted by Crippen LogP contribution is -2.48. The lowest BCUT2D eigenvalue weighted by Gasteiger charge is -2.42. The van der Waals surface area contributed by atoms with Crippen LogP contribution in [-0.4, -0.2) is 29.5 Å². The molecule has 0 amide bonds. The topological polar surface area (TPSA) is 71.8 Å². The first-order chi connectivity index (χ1) is 12.7. The van der Waals surface area contributed by atoms with Crippen molar-refractivity contribution < 1.29 is 4.21 Å². The van der Waals surface area contributed by atoms with Gasteiger partial charge in [0, 0.05) is 28.7 Å². The van der Waals surface area contributed by atoms with E-state index in [0.717, 1.165) is 40.0 Å². The molecule has 3 aliphatic heterocycles. The molecule has 1 saturated carbocycles. The van der Waals surface area contributed by atoms with Gasteiger partial charge < -0.3 is 0 Å². The van der Waals surface area contributed by atoms with Crippen molar-refractivity contribution in [2.24, 2.45) is 5.92 Å². The summed E-state index contributed by atoms with van der Waals surface area (Å²) in [7, 11) is -0.890. The van der Waals surface area contributed by atoms with Gasteiger partial charge in [-0.3, -0.25) is 15.0 Å². The minimum atomic E-state index is -0.890. The Balaban J connectivity index is 1.46. The molecule has 6 rings (SSSR count). The standard InChI is InChI=1S/C17H19N5OS3/c1-8-19-7-12-10-6-11(15-18-4-5-24-15)20-16-13(10)14(21-22(8)12)17(25-16)26(23)9-2-3-9/h4-5,7,9-11,13,16,20-21H,2-3,6H2,1H3. The van der Waals surface area contributed by atoms with Gasteiger partial charge in [0.2, 0.25) is 0 Å². The van der Waals surface area contributed by atoms with E-state index in [1.54, 1.807) is 23.1 Å². The van der Waals surface area contributed by atoms with Crippen LogP contribution in [-0.2, 0) is 10.8 Å². The summed E-state index contributed by atoms with van der Waals surface area (Å²) in [5.41, 5.74) is 5.97. The largest absolute Gasteiger partial charge is 0.295 e. The molecule has 0 radical (unpaired) electrons. The maximum atomic E-state index is 13.0. The molecule has 2 aromatic heterocycles. The third kappa shape index (κ3) is 2.23. The molecule has 26 heavy (non-hydrogen) atoms. The fourth-order valence-corrected chi connectivity index (χ4v) is 8.66. The highest BCUT2D eigenvalue weighted by atomic mass is 32.2. The summed E-state index contributed by atoms with van der Waals surface area (Å²) in [4.78, 5) is 9.09. The lowest BCUT2D eigenvalue weighted by molar-refractivity contribution is 0.265. The molecular weight excluding hydrogens is 386 g/mol. The van der Waals surface area contributed by atoms with Crippen LogP contribution in [0.2, 0.25) is 0 Å². The van der Waals surface area contributed by atoms with Crippen LogP contribution < -0.4 is 10.7 Å². The molecule has 2 N–H and O–H groups in total. The quantitative estimate of drug-likeness (QED) is 0.818. The van der Waals surface area contributed by atoms with Crippen LogP contribution in [0.4, 0.5) is 0 Å². The van der Waals surface area contributed by atoms with Crippen LogP contribution in [0.25, 0.3) is 0 Å². The zero-order chi connectivity index (χ0) is 17.4. The number of piperidine rings is 1. The molecule has 2 fully saturated rings. The van der Waals surface area contributed by atoms with Crippen molar-refractivity contribution in [3.05, 3.63) is 44.2 Å². The van der Waals surface area contributed by atoms with Crippen LogP contribution in [0.15, 0.2) is 27.7 Å². The summed E-state index contributed by atoms with van der Waals surface area (Å²) >= 11 is 3.49. The van der Waals surface area contributed by atoms with Gasteiger partial charge in [0.1, 0.15) is 10.8 Å². The number of aryl methyl sites for hydroxylation is 1. The van der Waals surface area contributed by atoms with E-state index in [1.165, 1.54) is 5.69 Å². The van der Waals surface area contributed by atoms with Crippen LogP contribution in [0.5, 0.6) is 0 Å². The molecule has 6 nitrogen and oxygen atoms in total. The first-order valence-corrected chi connectivity index (χ1v) is 12.0. The van der Waals surface area contributed by atoms with Gasteiger partial charge in [-0.15, -0.1) is 11.3 Å². The molecule has 5 heterocycles. The van der Waals surface area contributed by atoms with Gasteiger partial charge in [-0.1, -0.05) is 11.8 Å². The smallest absolute Gasteiger partial charge is 0.124 e. The Labute approximate surface area is 162 Å². The number of rotatable bonds is 3. The van der Waals surface area contributed by atoms with Crippen LogP contribution in [0.3, 0.4) is 0 Å². The highest BCUT2D eigenvalue weighted by Gasteiger charge is 2.52. The molecule has 0 bridgehead atoms. The van der Waals surface area contributed by atoms with E-state index >= 15 is 0 Å². The maximum Gasteiger partial charge on any atom is 0.124 e. The molecule has 2 aromatic rings. The number of nitrogens with zero attached hydrogens (tertiary/aromatic N) is 3. The van der Waals surface area contributed by atoms with E-state index in [9.17, 15) is 4.21 Å². The molecule has 1 saturated heterocycles. The Morgan fingerprint density at radius 2 is 2.23 bits per heavy atom. The summed E-state index contributed by atoms with van der Waals surface area (Å²) in [6.07, 6.45) is 7.06. The van der Waals surface area contributed by atoms with Crippen molar-refractivity contribution >= 4 is 33.9 Å². The fraction of sp³-hybridized carbons (Fsp3) is 0.529. The first-order valence-electron chi connectivity index (χ1n) is 8.99. The van der Waals surface area contributed by atoms with Crippen LogP contribution in [0, 0.1) is 12.8 Å². The predicted molar refractivity (Wildman–Crippen MR) is 105 cm³/mol. The van der Waals surface area contributed by atoms with Gasteiger partial charge in [0.15, 0.2) is 0 Å². The zero-order valence-corrected chi connectivity index (χ0v) is 16.7. The van der Waals surface area contributed by atoms with E-state index in [0.29, 0.717) is 17.1 Å². The number of hydrogen-bond acceptors (Lipinski definition) is 7. The average Bonchev–Trinajstić information content (AvgIpc) is 3.05. The molecule has 0 spiro atoms. The molecule has 1 aliphatic carbocycles. The van der Waals surface area contributed by atoms with Gasteiger partial charge in [0.05, 0.1) is 44.0 Å². The van der Waals surface area contributed by atoms with Gasteiger partial charge in [-0.2, -0.15) is 0 Å². The van der Waals surface area contributed by atoms with Crippen molar-refractivity contribution in [1.29, 1.82) is 0 Å². The Kier molecular flexibility index (Phi) is 3.46. The van der Waals surface area contributed by atoms with Crippen molar-refractivity contribution in [2.45, 2.75) is 48.8 Å². The van der Waals surface area contributed by atoms with E-state index in [4.69, 9.17) is 0 Å². The van der Waals surface area contributed by atoms with Crippen LogP contribution >= 0.6 is 23.1 Å². The van der Waals surface area contributed by atoms with Gasteiger partial charge in [0.25, 0.3) is 0 Å². The minimum Gasteiger partial charge on any atom is -0.295 e. The summed E-state index contributed by atoms with van der Waals surface area (Å²) in [6.45, 7) is 2.02. The first kappa shape index (κ1) is 15.9. The summed E-state index contributed by atoms with van der Waals surface area (Å²) in [5, 5.41) is 7.57. The highest BCUT2D eigenvalue weighted by molar-refractivity contribution is 8.17. The number of thiazole rings is 1. The van der Waals surface area contributed by atoms with Crippen molar-refractivity contribution in [1.82, 2.24) is 20.0 Å². The van der Waals surface area contributed by atoms with Crippen molar-refractivity contribution in [3.63, 3.8) is 0 Å². The predicted octanol–water partition coefficient (Wildman–Crippen LogP) is 2.79. The second-order valence-electron chi connectivity index (χ2n) is 7.37. The van der Waals surface area contributed by atoms with E-state index in [1.807, 2.05) is 24.7 Å². The molecule has 4 aliphatic rings. The SMILES string of the molecule is Cc1ncc2n1NC1=C(S(=O)C3CC3)SC3NC(c4nccs4)CC2C13. The second-order valence-corrected chi connectivity index (χ2v) is 11.4. The number of fused-ring (bicyclic) bond motifs is 2. The van der Waals surface area contributed by atoms with Crippen molar-refractivity contribution in [2.75, 3.05) is 5.43 Å². The Morgan fingerprint density at radius 1 is 1.35 bits per heavy atom.